The number of anilines is 1. The molecule has 88 valence electrons. The van der Waals surface area contributed by atoms with Crippen LogP contribution in [0.4, 0.5) is 5.69 Å². The first-order valence-corrected chi connectivity index (χ1v) is 6.50. The Morgan fingerprint density at radius 1 is 1.50 bits per heavy atom. The Bertz CT molecular complexity index is 366. The van der Waals surface area contributed by atoms with Crippen molar-refractivity contribution >= 4 is 23.4 Å². The van der Waals surface area contributed by atoms with Crippen molar-refractivity contribution in [2.45, 2.75) is 25.5 Å². The number of carboxylic acid groups (broad SMARTS) is 1. The van der Waals surface area contributed by atoms with Gasteiger partial charge in [-0.15, -0.1) is 0 Å². The Hall–Kier alpha value is -1.16. The lowest BCUT2D eigenvalue weighted by atomic mass is 10.1. The highest BCUT2D eigenvalue weighted by atomic mass is 32.2. The Morgan fingerprint density at radius 3 is 2.88 bits per heavy atom. The lowest BCUT2D eigenvalue weighted by Crippen LogP contribution is -2.06. The summed E-state index contributed by atoms with van der Waals surface area (Å²) in [6, 6.07) is 5.26. The number of thioether (sulfide) groups is 1. The minimum absolute atomic E-state index is 0.256. The highest BCUT2D eigenvalue weighted by Gasteiger charge is 2.12. The molecule has 3 nitrogen and oxygen atoms in total. The Morgan fingerprint density at radius 2 is 2.25 bits per heavy atom. The fraction of sp³-hybridized carbons (Fsp3) is 0.417. The van der Waals surface area contributed by atoms with E-state index in [1.54, 1.807) is 23.9 Å². The van der Waals surface area contributed by atoms with Gasteiger partial charge in [-0.2, -0.15) is 11.8 Å². The number of carbonyl (C=O) groups is 1. The summed E-state index contributed by atoms with van der Waals surface area (Å²) >= 11 is 1.75. The summed E-state index contributed by atoms with van der Waals surface area (Å²) in [5, 5.41) is 9.06. The number of unbranched alkanes of at least 4 members (excludes halogenated alkanes) is 1. The van der Waals surface area contributed by atoms with Gasteiger partial charge >= 0.3 is 5.97 Å². The molecule has 0 aliphatic rings. The van der Waals surface area contributed by atoms with Gasteiger partial charge in [0.25, 0.3) is 0 Å². The molecule has 0 unspecified atom stereocenters. The van der Waals surface area contributed by atoms with Crippen LogP contribution in [-0.4, -0.2) is 16.8 Å². The molecular weight excluding hydrogens is 222 g/mol. The van der Waals surface area contributed by atoms with E-state index in [9.17, 15) is 4.79 Å². The molecule has 16 heavy (non-hydrogen) atoms. The molecule has 0 radical (unpaired) electrons. The monoisotopic (exact) mass is 239 g/mol. The van der Waals surface area contributed by atoms with Gasteiger partial charge in [-0.1, -0.05) is 25.5 Å². The first-order chi connectivity index (χ1) is 7.66. The third-order valence-electron chi connectivity index (χ3n) is 2.30. The van der Waals surface area contributed by atoms with E-state index in [4.69, 9.17) is 10.8 Å². The molecule has 0 amide bonds. The first kappa shape index (κ1) is 12.9. The van der Waals surface area contributed by atoms with E-state index in [0.717, 1.165) is 24.2 Å². The van der Waals surface area contributed by atoms with Crippen LogP contribution in [0.15, 0.2) is 18.2 Å². The van der Waals surface area contributed by atoms with E-state index in [-0.39, 0.29) is 5.56 Å². The van der Waals surface area contributed by atoms with Crippen LogP contribution in [0.5, 0.6) is 0 Å². The first-order valence-electron chi connectivity index (χ1n) is 5.35. The molecule has 3 N–H and O–H groups in total. The predicted molar refractivity (Wildman–Crippen MR) is 68.9 cm³/mol. The molecule has 0 heterocycles. The number of aromatic carboxylic acids is 1. The lowest BCUT2D eigenvalue weighted by Gasteiger charge is -2.08. The molecule has 0 saturated carbocycles. The maximum Gasteiger partial charge on any atom is 0.338 e. The maximum absolute atomic E-state index is 11.0. The summed E-state index contributed by atoms with van der Waals surface area (Å²) in [6.07, 6.45) is 2.32. The van der Waals surface area contributed by atoms with Crippen molar-refractivity contribution in [3.8, 4) is 0 Å². The van der Waals surface area contributed by atoms with Crippen molar-refractivity contribution in [1.82, 2.24) is 0 Å². The van der Waals surface area contributed by atoms with Crippen LogP contribution in [0.1, 0.15) is 35.7 Å². The van der Waals surface area contributed by atoms with Gasteiger partial charge in [0.1, 0.15) is 0 Å². The fourth-order valence-electron chi connectivity index (χ4n) is 1.43. The summed E-state index contributed by atoms with van der Waals surface area (Å²) in [4.78, 5) is 11.0. The van der Waals surface area contributed by atoms with Crippen LogP contribution in [0.2, 0.25) is 0 Å². The van der Waals surface area contributed by atoms with Crippen LogP contribution in [0, 0.1) is 0 Å². The smallest absolute Gasteiger partial charge is 0.338 e. The number of hydrogen-bond acceptors (Lipinski definition) is 3. The molecule has 0 aromatic heterocycles. The maximum atomic E-state index is 11.0. The molecule has 1 rings (SSSR count). The highest BCUT2D eigenvalue weighted by molar-refractivity contribution is 7.98. The minimum Gasteiger partial charge on any atom is -0.478 e. The van der Waals surface area contributed by atoms with E-state index in [2.05, 4.69) is 6.92 Å². The van der Waals surface area contributed by atoms with Crippen molar-refractivity contribution in [2.75, 3.05) is 11.5 Å². The largest absolute Gasteiger partial charge is 0.478 e. The van der Waals surface area contributed by atoms with Crippen LogP contribution in [0.25, 0.3) is 0 Å². The zero-order valence-electron chi connectivity index (χ0n) is 9.40. The van der Waals surface area contributed by atoms with Gasteiger partial charge in [0.05, 0.1) is 5.56 Å². The summed E-state index contributed by atoms with van der Waals surface area (Å²) < 4.78 is 0. The van der Waals surface area contributed by atoms with E-state index in [0.29, 0.717) is 11.4 Å². The number of carboxylic acids is 1. The van der Waals surface area contributed by atoms with Gasteiger partial charge in [-0.3, -0.25) is 0 Å². The zero-order valence-corrected chi connectivity index (χ0v) is 10.2. The summed E-state index contributed by atoms with van der Waals surface area (Å²) in [5.74, 6) is 0.834. The van der Waals surface area contributed by atoms with Gasteiger partial charge in [0.15, 0.2) is 0 Å². The topological polar surface area (TPSA) is 63.3 Å². The second-order valence-electron chi connectivity index (χ2n) is 3.59. The van der Waals surface area contributed by atoms with E-state index in [1.807, 2.05) is 6.07 Å². The number of hydrogen-bond donors (Lipinski definition) is 2. The molecule has 0 spiro atoms. The zero-order chi connectivity index (χ0) is 12.0. The highest BCUT2D eigenvalue weighted by Crippen LogP contribution is 2.22. The Labute approximate surface area is 100 Å². The minimum atomic E-state index is -0.941. The number of nitrogen functional groups attached to an aromatic ring is 1. The van der Waals surface area contributed by atoms with Gasteiger partial charge < -0.3 is 10.8 Å². The SMILES string of the molecule is CCCCSCc1cccc(N)c1C(=O)O. The Balaban J connectivity index is 2.71. The van der Waals surface area contributed by atoms with E-state index >= 15 is 0 Å². The third kappa shape index (κ3) is 3.45. The number of benzene rings is 1. The molecule has 0 fully saturated rings. The van der Waals surface area contributed by atoms with Crippen molar-refractivity contribution in [3.05, 3.63) is 29.3 Å². The van der Waals surface area contributed by atoms with Crippen LogP contribution < -0.4 is 5.73 Å². The van der Waals surface area contributed by atoms with Gasteiger partial charge in [0, 0.05) is 11.4 Å². The van der Waals surface area contributed by atoms with Crippen molar-refractivity contribution in [1.29, 1.82) is 0 Å². The van der Waals surface area contributed by atoms with Crippen molar-refractivity contribution < 1.29 is 9.90 Å². The number of rotatable bonds is 6. The lowest BCUT2D eigenvalue weighted by molar-refractivity contribution is 0.0697. The molecule has 1 aromatic carbocycles. The Kier molecular flexibility index (Phi) is 5.19. The van der Waals surface area contributed by atoms with Crippen molar-refractivity contribution in [3.63, 3.8) is 0 Å². The number of nitrogens with two attached hydrogens (primary N) is 1. The quantitative estimate of drug-likeness (QED) is 0.591. The molecule has 0 saturated heterocycles. The van der Waals surface area contributed by atoms with E-state index in [1.165, 1.54) is 0 Å². The van der Waals surface area contributed by atoms with Crippen LogP contribution in [0.3, 0.4) is 0 Å². The predicted octanol–water partition coefficient (Wildman–Crippen LogP) is 3.00. The molecular formula is C12H17NO2S. The van der Waals surface area contributed by atoms with Crippen LogP contribution in [-0.2, 0) is 5.75 Å². The van der Waals surface area contributed by atoms with Crippen molar-refractivity contribution in [2.24, 2.45) is 0 Å². The summed E-state index contributed by atoms with van der Waals surface area (Å²) in [6.45, 7) is 2.14. The standard InChI is InChI=1S/C12H17NO2S/c1-2-3-7-16-8-9-5-4-6-10(13)11(9)12(14)15/h4-6H,2-3,7-8,13H2,1H3,(H,14,15). The van der Waals surface area contributed by atoms with Gasteiger partial charge in [-0.25, -0.2) is 4.79 Å². The summed E-state index contributed by atoms with van der Waals surface area (Å²) in [7, 11) is 0. The molecule has 1 aromatic rings. The van der Waals surface area contributed by atoms with E-state index < -0.39 is 5.97 Å². The van der Waals surface area contributed by atoms with Gasteiger partial charge in [-0.05, 0) is 23.8 Å². The molecule has 0 atom stereocenters. The average Bonchev–Trinajstić information content (AvgIpc) is 2.24. The summed E-state index contributed by atoms with van der Waals surface area (Å²) in [5.41, 5.74) is 7.08. The van der Waals surface area contributed by atoms with Crippen LogP contribution >= 0.6 is 11.8 Å². The third-order valence-corrected chi connectivity index (χ3v) is 3.39. The molecule has 0 bridgehead atoms. The second-order valence-corrected chi connectivity index (χ2v) is 4.70. The second kappa shape index (κ2) is 6.43. The average molecular weight is 239 g/mol. The fourth-order valence-corrected chi connectivity index (χ4v) is 2.53. The molecule has 0 aliphatic heterocycles. The van der Waals surface area contributed by atoms with Gasteiger partial charge in [0.2, 0.25) is 0 Å². The normalized spacial score (nSPS) is 10.3. The molecule has 0 aliphatic carbocycles. The molecule has 4 heteroatoms.